The van der Waals surface area contributed by atoms with Crippen molar-refractivity contribution in [1.29, 1.82) is 0 Å². The van der Waals surface area contributed by atoms with Crippen LogP contribution < -0.4 is 14.2 Å². The quantitative estimate of drug-likeness (QED) is 0.305. The van der Waals surface area contributed by atoms with E-state index in [1.54, 1.807) is 43.2 Å². The van der Waals surface area contributed by atoms with Gasteiger partial charge in [0.15, 0.2) is 6.10 Å². The molecule has 1 atom stereocenters. The van der Waals surface area contributed by atoms with Crippen molar-refractivity contribution < 1.29 is 33.6 Å². The summed E-state index contributed by atoms with van der Waals surface area (Å²) >= 11 is 0. The Hall–Kier alpha value is -3.26. The summed E-state index contributed by atoms with van der Waals surface area (Å²) in [6.07, 6.45) is 7.57. The lowest BCUT2D eigenvalue weighted by atomic mass is 9.86. The molecule has 1 aliphatic carbocycles. The minimum Gasteiger partial charge on any atom is -0.497 e. The number of carbonyl (C=O) groups is 2. The maximum atomic E-state index is 13.0. The molecule has 2 aromatic rings. The molecule has 38 heavy (non-hydrogen) atoms. The summed E-state index contributed by atoms with van der Waals surface area (Å²) in [5.41, 5.74) is 0.851. The summed E-state index contributed by atoms with van der Waals surface area (Å²) in [5, 5.41) is 9.29. The van der Waals surface area contributed by atoms with Gasteiger partial charge in [0.25, 0.3) is 0 Å². The van der Waals surface area contributed by atoms with Crippen molar-refractivity contribution in [3.05, 3.63) is 54.1 Å². The number of aliphatic carboxylic acids is 1. The van der Waals surface area contributed by atoms with Gasteiger partial charge in [-0.2, -0.15) is 0 Å². The van der Waals surface area contributed by atoms with E-state index >= 15 is 0 Å². The Labute approximate surface area is 225 Å². The first-order chi connectivity index (χ1) is 18.5. The van der Waals surface area contributed by atoms with Gasteiger partial charge in [0, 0.05) is 25.6 Å². The molecule has 0 bridgehead atoms. The molecule has 0 saturated heterocycles. The number of nitrogens with zero attached hydrogens (tertiary/aromatic N) is 1. The van der Waals surface area contributed by atoms with E-state index in [1.807, 2.05) is 24.3 Å². The Kier molecular flexibility index (Phi) is 12.2. The monoisotopic (exact) mass is 527 g/mol. The number of amides is 1. The standard InChI is InChI=1S/C30H41NO7/c1-3-36-28(29(32)33)21-24-14-16-25(17-15-24)37-20-19-31(18-8-11-23-9-5-4-6-10-23)30(34)38-27-13-7-12-26(22-27)35-2/h7,12-17,22-23,28H,3-6,8-11,18-21H2,1-2H3,(H,32,33). The molecule has 1 aliphatic rings. The molecule has 208 valence electrons. The maximum Gasteiger partial charge on any atom is 0.415 e. The molecule has 8 heteroatoms. The van der Waals surface area contributed by atoms with E-state index in [0.717, 1.165) is 24.3 Å². The summed E-state index contributed by atoms with van der Waals surface area (Å²) in [6.45, 7) is 3.43. The van der Waals surface area contributed by atoms with Crippen molar-refractivity contribution in [2.24, 2.45) is 5.92 Å². The Morgan fingerprint density at radius 3 is 2.42 bits per heavy atom. The highest BCUT2D eigenvalue weighted by Crippen LogP contribution is 2.27. The fourth-order valence-corrected chi connectivity index (χ4v) is 4.80. The average molecular weight is 528 g/mol. The second-order valence-corrected chi connectivity index (χ2v) is 9.66. The van der Waals surface area contributed by atoms with Gasteiger partial charge in [0.05, 0.1) is 13.7 Å². The van der Waals surface area contributed by atoms with Crippen LogP contribution in [0.25, 0.3) is 0 Å². The minimum atomic E-state index is -0.975. The summed E-state index contributed by atoms with van der Waals surface area (Å²) in [6, 6.07) is 14.3. The highest BCUT2D eigenvalue weighted by Gasteiger charge is 2.20. The second-order valence-electron chi connectivity index (χ2n) is 9.66. The topological polar surface area (TPSA) is 94.5 Å². The minimum absolute atomic E-state index is 0.286. The van der Waals surface area contributed by atoms with Gasteiger partial charge in [-0.3, -0.25) is 0 Å². The van der Waals surface area contributed by atoms with E-state index < -0.39 is 18.2 Å². The van der Waals surface area contributed by atoms with Crippen molar-refractivity contribution >= 4 is 12.1 Å². The number of benzene rings is 2. The molecule has 0 aliphatic heterocycles. The smallest absolute Gasteiger partial charge is 0.415 e. The number of carboxylic acids is 1. The number of ether oxygens (including phenoxy) is 4. The molecule has 0 aromatic heterocycles. The molecule has 0 spiro atoms. The lowest BCUT2D eigenvalue weighted by Gasteiger charge is -2.25. The third kappa shape index (κ3) is 9.89. The van der Waals surface area contributed by atoms with Crippen LogP contribution in [0.1, 0.15) is 57.4 Å². The maximum absolute atomic E-state index is 13.0. The Morgan fingerprint density at radius 2 is 1.74 bits per heavy atom. The summed E-state index contributed by atoms with van der Waals surface area (Å²) < 4.78 is 22.1. The molecule has 1 N–H and O–H groups in total. The van der Waals surface area contributed by atoms with Gasteiger partial charge in [-0.15, -0.1) is 0 Å². The van der Waals surface area contributed by atoms with Crippen LogP contribution in [-0.4, -0.2) is 61.6 Å². The van der Waals surface area contributed by atoms with Crippen molar-refractivity contribution in [3.63, 3.8) is 0 Å². The van der Waals surface area contributed by atoms with Crippen LogP contribution in [0.3, 0.4) is 0 Å². The number of rotatable bonds is 15. The van der Waals surface area contributed by atoms with Gasteiger partial charge in [-0.25, -0.2) is 9.59 Å². The van der Waals surface area contributed by atoms with Crippen LogP contribution >= 0.6 is 0 Å². The van der Waals surface area contributed by atoms with E-state index in [1.165, 1.54) is 32.1 Å². The van der Waals surface area contributed by atoms with Crippen LogP contribution in [0, 0.1) is 5.92 Å². The average Bonchev–Trinajstić information content (AvgIpc) is 2.93. The number of methoxy groups -OCH3 is 1. The Bertz CT molecular complexity index is 988. The van der Waals surface area contributed by atoms with Gasteiger partial charge in [0.2, 0.25) is 0 Å². The molecule has 0 heterocycles. The molecule has 1 fully saturated rings. The van der Waals surface area contributed by atoms with Crippen LogP contribution in [0.4, 0.5) is 4.79 Å². The molecular weight excluding hydrogens is 486 g/mol. The number of hydrogen-bond donors (Lipinski definition) is 1. The van der Waals surface area contributed by atoms with Gasteiger partial charge >= 0.3 is 12.1 Å². The normalized spacial score (nSPS) is 14.5. The largest absolute Gasteiger partial charge is 0.497 e. The van der Waals surface area contributed by atoms with E-state index in [2.05, 4.69) is 0 Å². The van der Waals surface area contributed by atoms with Gasteiger partial charge in [-0.05, 0) is 55.5 Å². The number of carboxylic acid groups (broad SMARTS) is 1. The van der Waals surface area contributed by atoms with Crippen molar-refractivity contribution in [2.45, 2.75) is 64.4 Å². The molecule has 8 nitrogen and oxygen atoms in total. The highest BCUT2D eigenvalue weighted by molar-refractivity contribution is 5.72. The molecule has 2 aromatic carbocycles. The number of carbonyl (C=O) groups excluding carboxylic acids is 1. The summed E-state index contributed by atoms with van der Waals surface area (Å²) in [4.78, 5) is 26.1. The van der Waals surface area contributed by atoms with Gasteiger partial charge in [-0.1, -0.05) is 50.3 Å². The fourth-order valence-electron chi connectivity index (χ4n) is 4.80. The zero-order valence-electron chi connectivity index (χ0n) is 22.6. The fraction of sp³-hybridized carbons (Fsp3) is 0.533. The molecule has 3 rings (SSSR count). The SMILES string of the molecule is CCOC(Cc1ccc(OCCN(CCCC2CCCCC2)C(=O)Oc2cccc(OC)c2)cc1)C(=O)O. The van der Waals surface area contributed by atoms with E-state index in [4.69, 9.17) is 18.9 Å². The summed E-state index contributed by atoms with van der Waals surface area (Å²) in [7, 11) is 1.58. The van der Waals surface area contributed by atoms with E-state index in [9.17, 15) is 14.7 Å². The highest BCUT2D eigenvalue weighted by atomic mass is 16.6. The first kappa shape index (κ1) is 29.3. The molecular formula is C30H41NO7. The predicted octanol–water partition coefficient (Wildman–Crippen LogP) is 5.97. The van der Waals surface area contributed by atoms with Gasteiger partial charge < -0.3 is 29.0 Å². The zero-order chi connectivity index (χ0) is 27.2. The Morgan fingerprint density at radius 1 is 1.00 bits per heavy atom. The first-order valence-electron chi connectivity index (χ1n) is 13.7. The van der Waals surface area contributed by atoms with E-state index in [-0.39, 0.29) is 6.42 Å². The molecule has 1 saturated carbocycles. The van der Waals surface area contributed by atoms with Crippen molar-refractivity contribution in [3.8, 4) is 17.2 Å². The number of hydrogen-bond acceptors (Lipinski definition) is 6. The Balaban J connectivity index is 1.54. The van der Waals surface area contributed by atoms with Crippen LogP contribution in [-0.2, 0) is 16.0 Å². The van der Waals surface area contributed by atoms with Gasteiger partial charge in [0.1, 0.15) is 23.9 Å². The van der Waals surface area contributed by atoms with Crippen LogP contribution in [0.5, 0.6) is 17.2 Å². The lowest BCUT2D eigenvalue weighted by Crippen LogP contribution is -2.37. The lowest BCUT2D eigenvalue weighted by molar-refractivity contribution is -0.149. The summed E-state index contributed by atoms with van der Waals surface area (Å²) in [5.74, 6) is 1.49. The molecule has 1 unspecified atom stereocenters. The van der Waals surface area contributed by atoms with E-state index in [0.29, 0.717) is 43.6 Å². The van der Waals surface area contributed by atoms with Crippen LogP contribution in [0.2, 0.25) is 0 Å². The molecule has 0 radical (unpaired) electrons. The van der Waals surface area contributed by atoms with Crippen molar-refractivity contribution in [1.82, 2.24) is 4.90 Å². The van der Waals surface area contributed by atoms with Crippen LogP contribution in [0.15, 0.2) is 48.5 Å². The zero-order valence-corrected chi connectivity index (χ0v) is 22.6. The molecule has 1 amide bonds. The predicted molar refractivity (Wildman–Crippen MR) is 145 cm³/mol. The second kappa shape index (κ2) is 15.9. The first-order valence-corrected chi connectivity index (χ1v) is 13.7. The van der Waals surface area contributed by atoms with Crippen molar-refractivity contribution in [2.75, 3.05) is 33.4 Å². The third-order valence-electron chi connectivity index (χ3n) is 6.89. The third-order valence-corrected chi connectivity index (χ3v) is 6.89.